The summed E-state index contributed by atoms with van der Waals surface area (Å²) in [6.45, 7) is 0.703. The minimum atomic E-state index is 0.198. The van der Waals surface area contributed by atoms with Gasteiger partial charge in [-0.15, -0.1) is 0 Å². The van der Waals surface area contributed by atoms with Crippen LogP contribution in [0.4, 0.5) is 0 Å². The van der Waals surface area contributed by atoms with Crippen LogP contribution < -0.4 is 5.32 Å². The van der Waals surface area contributed by atoms with Crippen molar-refractivity contribution in [3.05, 3.63) is 77.8 Å². The van der Waals surface area contributed by atoms with Crippen molar-refractivity contribution in [2.75, 3.05) is 0 Å². The number of nitrogens with one attached hydrogen (secondary N) is 1. The largest absolute Gasteiger partial charge is 0.384 e. The molecule has 0 bridgehead atoms. The van der Waals surface area contributed by atoms with Crippen LogP contribution in [0.25, 0.3) is 0 Å². The Hall–Kier alpha value is -2.42. The van der Waals surface area contributed by atoms with E-state index in [4.69, 9.17) is 0 Å². The average Bonchev–Trinajstić information content (AvgIpc) is 2.54. The first-order valence-electron chi connectivity index (χ1n) is 7.22. The topological polar surface area (TPSA) is 42.0 Å². The maximum absolute atomic E-state index is 11.9. The maximum Gasteiger partial charge on any atom is 0.158 e. The lowest BCUT2D eigenvalue weighted by atomic mass is 9.85. The molecule has 1 aliphatic carbocycles. The number of benzene rings is 1. The summed E-state index contributed by atoms with van der Waals surface area (Å²) in [7, 11) is 0. The summed E-state index contributed by atoms with van der Waals surface area (Å²) in [4.78, 5) is 16.0. The van der Waals surface area contributed by atoms with E-state index in [9.17, 15) is 4.79 Å². The third-order valence-corrected chi connectivity index (χ3v) is 3.76. The Kier molecular flexibility index (Phi) is 4.10. The van der Waals surface area contributed by atoms with Gasteiger partial charge in [0.05, 0.1) is 0 Å². The molecule has 21 heavy (non-hydrogen) atoms. The first kappa shape index (κ1) is 13.6. The van der Waals surface area contributed by atoms with Crippen molar-refractivity contribution < 1.29 is 4.79 Å². The van der Waals surface area contributed by atoms with Crippen LogP contribution in [0.2, 0.25) is 0 Å². The zero-order chi connectivity index (χ0) is 14.5. The highest BCUT2D eigenvalue weighted by atomic mass is 16.1. The van der Waals surface area contributed by atoms with Crippen LogP contribution in [0.1, 0.15) is 29.9 Å². The molecule has 0 spiro atoms. The number of hydrogen-bond acceptors (Lipinski definition) is 3. The lowest BCUT2D eigenvalue weighted by Gasteiger charge is -2.23. The second kappa shape index (κ2) is 6.35. The van der Waals surface area contributed by atoms with Crippen molar-refractivity contribution in [3.63, 3.8) is 0 Å². The van der Waals surface area contributed by atoms with E-state index in [-0.39, 0.29) is 11.7 Å². The Balaban J connectivity index is 1.67. The van der Waals surface area contributed by atoms with Crippen molar-refractivity contribution in [1.29, 1.82) is 0 Å². The first-order valence-corrected chi connectivity index (χ1v) is 7.22. The zero-order valence-corrected chi connectivity index (χ0v) is 11.8. The molecule has 2 aromatic rings. The Morgan fingerprint density at radius 1 is 1.10 bits per heavy atom. The van der Waals surface area contributed by atoms with Gasteiger partial charge in [-0.05, 0) is 29.5 Å². The lowest BCUT2D eigenvalue weighted by Crippen LogP contribution is -2.21. The molecule has 0 radical (unpaired) electrons. The van der Waals surface area contributed by atoms with Gasteiger partial charge >= 0.3 is 0 Å². The van der Waals surface area contributed by atoms with Crippen molar-refractivity contribution >= 4 is 5.78 Å². The van der Waals surface area contributed by atoms with E-state index in [0.717, 1.165) is 17.7 Å². The number of pyridine rings is 1. The van der Waals surface area contributed by atoms with Crippen molar-refractivity contribution in [2.45, 2.75) is 25.3 Å². The number of rotatable bonds is 4. The summed E-state index contributed by atoms with van der Waals surface area (Å²) in [6.07, 6.45) is 6.83. The van der Waals surface area contributed by atoms with Gasteiger partial charge in [0.15, 0.2) is 5.78 Å². The Morgan fingerprint density at radius 2 is 1.95 bits per heavy atom. The van der Waals surface area contributed by atoms with Crippen LogP contribution >= 0.6 is 0 Å². The van der Waals surface area contributed by atoms with Crippen LogP contribution in [0.3, 0.4) is 0 Å². The monoisotopic (exact) mass is 278 g/mol. The SMILES string of the molecule is O=C1C=C(NCc2cccnc2)CC(c2ccccc2)C1. The highest BCUT2D eigenvalue weighted by molar-refractivity contribution is 5.91. The van der Waals surface area contributed by atoms with E-state index in [1.165, 1.54) is 5.56 Å². The van der Waals surface area contributed by atoms with Gasteiger partial charge in [0, 0.05) is 37.1 Å². The molecular formula is C18H18N2O. The molecule has 3 rings (SSSR count). The molecule has 0 saturated heterocycles. The van der Waals surface area contributed by atoms with Gasteiger partial charge in [-0.3, -0.25) is 9.78 Å². The molecule has 0 amide bonds. The fraction of sp³-hybridized carbons (Fsp3) is 0.222. The number of ketones is 1. The average molecular weight is 278 g/mol. The third-order valence-electron chi connectivity index (χ3n) is 3.76. The van der Waals surface area contributed by atoms with E-state index >= 15 is 0 Å². The summed E-state index contributed by atoms with van der Waals surface area (Å²) in [5, 5.41) is 3.37. The molecule has 1 heterocycles. The van der Waals surface area contributed by atoms with Crippen LogP contribution in [0.15, 0.2) is 66.6 Å². The highest BCUT2D eigenvalue weighted by Crippen LogP contribution is 2.30. The van der Waals surface area contributed by atoms with Gasteiger partial charge in [-0.1, -0.05) is 36.4 Å². The number of nitrogens with zero attached hydrogens (tertiary/aromatic N) is 1. The number of aromatic nitrogens is 1. The maximum atomic E-state index is 11.9. The summed E-state index contributed by atoms with van der Waals surface area (Å²) < 4.78 is 0. The molecule has 106 valence electrons. The predicted molar refractivity (Wildman–Crippen MR) is 82.6 cm³/mol. The van der Waals surface area contributed by atoms with E-state index in [0.29, 0.717) is 13.0 Å². The number of hydrogen-bond donors (Lipinski definition) is 1. The molecule has 1 unspecified atom stereocenters. The standard InChI is InChI=1S/C18H18N2O/c21-18-10-16(15-6-2-1-3-7-15)9-17(11-18)20-13-14-5-4-8-19-12-14/h1-8,11-12,16,20H,9-10,13H2. The van der Waals surface area contributed by atoms with Crippen LogP contribution in [-0.2, 0) is 11.3 Å². The normalized spacial score (nSPS) is 18.2. The minimum Gasteiger partial charge on any atom is -0.384 e. The Morgan fingerprint density at radius 3 is 2.71 bits per heavy atom. The van der Waals surface area contributed by atoms with E-state index in [2.05, 4.69) is 22.4 Å². The van der Waals surface area contributed by atoms with Crippen LogP contribution in [0, 0.1) is 0 Å². The molecule has 0 fully saturated rings. The zero-order valence-electron chi connectivity index (χ0n) is 11.8. The van der Waals surface area contributed by atoms with Gasteiger partial charge in [-0.25, -0.2) is 0 Å². The van der Waals surface area contributed by atoms with Crippen molar-refractivity contribution in [3.8, 4) is 0 Å². The Bertz CT molecular complexity index is 635. The molecular weight excluding hydrogens is 260 g/mol. The van der Waals surface area contributed by atoms with Gasteiger partial charge in [-0.2, -0.15) is 0 Å². The molecule has 1 N–H and O–H groups in total. The lowest BCUT2D eigenvalue weighted by molar-refractivity contribution is -0.115. The van der Waals surface area contributed by atoms with Crippen molar-refractivity contribution in [2.24, 2.45) is 0 Å². The molecule has 1 aliphatic rings. The van der Waals surface area contributed by atoms with E-state index in [1.807, 2.05) is 36.5 Å². The van der Waals surface area contributed by atoms with Crippen molar-refractivity contribution in [1.82, 2.24) is 10.3 Å². The minimum absolute atomic E-state index is 0.198. The second-order valence-corrected chi connectivity index (χ2v) is 5.37. The number of allylic oxidation sites excluding steroid dienone is 2. The summed E-state index contributed by atoms with van der Waals surface area (Å²) in [5.74, 6) is 0.476. The van der Waals surface area contributed by atoms with E-state index < -0.39 is 0 Å². The summed E-state index contributed by atoms with van der Waals surface area (Å²) >= 11 is 0. The van der Waals surface area contributed by atoms with Gasteiger partial charge in [0.25, 0.3) is 0 Å². The fourth-order valence-corrected chi connectivity index (χ4v) is 2.70. The molecule has 1 aromatic heterocycles. The van der Waals surface area contributed by atoms with Crippen LogP contribution in [-0.4, -0.2) is 10.8 Å². The smallest absolute Gasteiger partial charge is 0.158 e. The highest BCUT2D eigenvalue weighted by Gasteiger charge is 2.21. The second-order valence-electron chi connectivity index (χ2n) is 5.37. The third kappa shape index (κ3) is 3.57. The predicted octanol–water partition coefficient (Wildman–Crippen LogP) is 3.20. The summed E-state index contributed by atoms with van der Waals surface area (Å²) in [6, 6.07) is 14.2. The van der Waals surface area contributed by atoms with Gasteiger partial charge < -0.3 is 5.32 Å². The first-order chi connectivity index (χ1) is 10.3. The van der Waals surface area contributed by atoms with Gasteiger partial charge in [0.1, 0.15) is 0 Å². The Labute approximate surface area is 124 Å². The van der Waals surface area contributed by atoms with Gasteiger partial charge in [0.2, 0.25) is 0 Å². The van der Waals surface area contributed by atoms with Crippen LogP contribution in [0.5, 0.6) is 0 Å². The number of carbonyl (C=O) groups excluding carboxylic acids is 1. The summed E-state index contributed by atoms with van der Waals surface area (Å²) in [5.41, 5.74) is 3.37. The molecule has 0 saturated carbocycles. The number of carbonyl (C=O) groups is 1. The van der Waals surface area contributed by atoms with E-state index in [1.54, 1.807) is 12.3 Å². The molecule has 1 atom stereocenters. The molecule has 3 heteroatoms. The fourth-order valence-electron chi connectivity index (χ4n) is 2.70. The molecule has 0 aliphatic heterocycles. The molecule has 1 aromatic carbocycles. The molecule has 3 nitrogen and oxygen atoms in total. The quantitative estimate of drug-likeness (QED) is 0.933.